The first-order valence-corrected chi connectivity index (χ1v) is 7.36. The van der Waals surface area contributed by atoms with Gasteiger partial charge in [0.25, 0.3) is 0 Å². The number of aliphatic hydroxyl groups is 1. The first-order valence-electron chi connectivity index (χ1n) is 7.36. The monoisotopic (exact) mass is 291 g/mol. The molecule has 5 nitrogen and oxygen atoms in total. The molecule has 0 aromatic heterocycles. The SMILES string of the molecule is O=C(O)c1ccc(CN2C[C@@H]3COCC[C@]3(CO)C2)cc1. The molecule has 3 rings (SSSR count). The molecule has 114 valence electrons. The normalized spacial score (nSPS) is 29.3. The van der Waals surface area contributed by atoms with E-state index in [0.29, 0.717) is 11.5 Å². The van der Waals surface area contributed by atoms with Gasteiger partial charge in [0.1, 0.15) is 0 Å². The summed E-state index contributed by atoms with van der Waals surface area (Å²) in [6, 6.07) is 7.03. The Morgan fingerprint density at radius 2 is 2.14 bits per heavy atom. The second-order valence-electron chi connectivity index (χ2n) is 6.21. The molecular formula is C16H21NO4. The summed E-state index contributed by atoms with van der Waals surface area (Å²) in [6.45, 7) is 4.29. The number of carboxylic acids is 1. The number of aliphatic hydroxyl groups excluding tert-OH is 1. The van der Waals surface area contributed by atoms with Crippen molar-refractivity contribution in [1.82, 2.24) is 4.90 Å². The van der Waals surface area contributed by atoms with E-state index in [0.717, 1.165) is 44.8 Å². The summed E-state index contributed by atoms with van der Waals surface area (Å²) in [7, 11) is 0. The van der Waals surface area contributed by atoms with Gasteiger partial charge in [0, 0.05) is 37.6 Å². The van der Waals surface area contributed by atoms with Crippen LogP contribution in [-0.4, -0.2) is 54.0 Å². The average molecular weight is 291 g/mol. The molecule has 0 radical (unpaired) electrons. The summed E-state index contributed by atoms with van der Waals surface area (Å²) in [5, 5.41) is 18.7. The van der Waals surface area contributed by atoms with Crippen LogP contribution in [0, 0.1) is 11.3 Å². The highest BCUT2D eigenvalue weighted by atomic mass is 16.5. The van der Waals surface area contributed by atoms with Crippen LogP contribution in [-0.2, 0) is 11.3 Å². The minimum atomic E-state index is -0.898. The van der Waals surface area contributed by atoms with Crippen LogP contribution in [0.1, 0.15) is 22.3 Å². The fraction of sp³-hybridized carbons (Fsp3) is 0.562. The number of rotatable bonds is 4. The zero-order valence-electron chi connectivity index (χ0n) is 12.0. The molecule has 0 bridgehead atoms. The molecule has 2 saturated heterocycles. The van der Waals surface area contributed by atoms with Gasteiger partial charge in [-0.3, -0.25) is 4.90 Å². The van der Waals surface area contributed by atoms with Crippen molar-refractivity contribution in [3.8, 4) is 0 Å². The highest BCUT2D eigenvalue weighted by Gasteiger charge is 2.47. The topological polar surface area (TPSA) is 70.0 Å². The Morgan fingerprint density at radius 3 is 2.76 bits per heavy atom. The third-order valence-electron chi connectivity index (χ3n) is 4.87. The highest BCUT2D eigenvalue weighted by Crippen LogP contribution is 2.42. The lowest BCUT2D eigenvalue weighted by Crippen LogP contribution is -2.41. The van der Waals surface area contributed by atoms with Crippen LogP contribution in [0.3, 0.4) is 0 Å². The number of nitrogens with zero attached hydrogens (tertiary/aromatic N) is 1. The van der Waals surface area contributed by atoms with Crippen molar-refractivity contribution in [2.75, 3.05) is 32.9 Å². The maximum Gasteiger partial charge on any atom is 0.335 e. The minimum absolute atomic E-state index is 0.0146. The molecule has 2 aliphatic rings. The lowest BCUT2D eigenvalue weighted by atomic mass is 9.75. The second-order valence-corrected chi connectivity index (χ2v) is 6.21. The van der Waals surface area contributed by atoms with Gasteiger partial charge in [-0.1, -0.05) is 12.1 Å². The molecule has 2 heterocycles. The molecule has 1 aromatic carbocycles. The quantitative estimate of drug-likeness (QED) is 0.873. The van der Waals surface area contributed by atoms with Gasteiger partial charge in [-0.25, -0.2) is 4.79 Å². The van der Waals surface area contributed by atoms with E-state index in [4.69, 9.17) is 9.84 Å². The largest absolute Gasteiger partial charge is 0.478 e. The molecule has 0 unspecified atom stereocenters. The van der Waals surface area contributed by atoms with Gasteiger partial charge in [0.15, 0.2) is 0 Å². The Bertz CT molecular complexity index is 516. The van der Waals surface area contributed by atoms with Gasteiger partial charge >= 0.3 is 5.97 Å². The summed E-state index contributed by atoms with van der Waals surface area (Å²) >= 11 is 0. The third kappa shape index (κ3) is 2.81. The summed E-state index contributed by atoms with van der Waals surface area (Å²) in [4.78, 5) is 13.2. The fourth-order valence-corrected chi connectivity index (χ4v) is 3.55. The zero-order chi connectivity index (χ0) is 14.9. The lowest BCUT2D eigenvalue weighted by Gasteiger charge is -2.36. The van der Waals surface area contributed by atoms with Crippen LogP contribution in [0.2, 0.25) is 0 Å². The molecule has 0 saturated carbocycles. The van der Waals surface area contributed by atoms with Crippen molar-refractivity contribution in [3.05, 3.63) is 35.4 Å². The van der Waals surface area contributed by atoms with Crippen LogP contribution >= 0.6 is 0 Å². The number of hydrogen-bond donors (Lipinski definition) is 2. The van der Waals surface area contributed by atoms with E-state index >= 15 is 0 Å². The van der Waals surface area contributed by atoms with Crippen LogP contribution in [0.25, 0.3) is 0 Å². The molecule has 2 fully saturated rings. The van der Waals surface area contributed by atoms with E-state index in [1.54, 1.807) is 12.1 Å². The summed E-state index contributed by atoms with van der Waals surface area (Å²) in [5.74, 6) is -0.500. The smallest absolute Gasteiger partial charge is 0.335 e. The van der Waals surface area contributed by atoms with E-state index in [9.17, 15) is 9.90 Å². The van der Waals surface area contributed by atoms with E-state index in [-0.39, 0.29) is 12.0 Å². The van der Waals surface area contributed by atoms with Crippen molar-refractivity contribution < 1.29 is 19.7 Å². The fourth-order valence-electron chi connectivity index (χ4n) is 3.55. The second kappa shape index (κ2) is 5.75. The zero-order valence-corrected chi connectivity index (χ0v) is 12.0. The molecule has 5 heteroatoms. The van der Waals surface area contributed by atoms with Crippen LogP contribution in [0.5, 0.6) is 0 Å². The van der Waals surface area contributed by atoms with Crippen molar-refractivity contribution in [3.63, 3.8) is 0 Å². The molecule has 21 heavy (non-hydrogen) atoms. The van der Waals surface area contributed by atoms with Crippen LogP contribution in [0.15, 0.2) is 24.3 Å². The lowest BCUT2D eigenvalue weighted by molar-refractivity contribution is -0.0417. The first kappa shape index (κ1) is 14.5. The Hall–Kier alpha value is -1.43. The average Bonchev–Trinajstić information content (AvgIpc) is 2.86. The predicted molar refractivity (Wildman–Crippen MR) is 77.1 cm³/mol. The van der Waals surface area contributed by atoms with E-state index in [1.807, 2.05) is 12.1 Å². The van der Waals surface area contributed by atoms with Gasteiger partial charge in [-0.05, 0) is 24.1 Å². The maximum atomic E-state index is 10.9. The Labute approximate surface area is 124 Å². The predicted octanol–water partition coefficient (Wildman–Crippen LogP) is 1.22. The van der Waals surface area contributed by atoms with Crippen molar-refractivity contribution in [1.29, 1.82) is 0 Å². The highest BCUT2D eigenvalue weighted by molar-refractivity contribution is 5.87. The maximum absolute atomic E-state index is 10.9. The summed E-state index contributed by atoms with van der Waals surface area (Å²) in [6.07, 6.45) is 0.919. The molecular weight excluding hydrogens is 270 g/mol. The molecule has 2 N–H and O–H groups in total. The van der Waals surface area contributed by atoms with Crippen molar-refractivity contribution >= 4 is 5.97 Å². The van der Waals surface area contributed by atoms with Gasteiger partial charge < -0.3 is 14.9 Å². The number of ether oxygens (including phenoxy) is 1. The summed E-state index contributed by atoms with van der Waals surface area (Å²) < 4.78 is 5.55. The molecule has 2 atom stereocenters. The van der Waals surface area contributed by atoms with Gasteiger partial charge in [-0.2, -0.15) is 0 Å². The van der Waals surface area contributed by atoms with E-state index < -0.39 is 5.97 Å². The Morgan fingerprint density at radius 1 is 1.38 bits per heavy atom. The Balaban J connectivity index is 1.67. The van der Waals surface area contributed by atoms with Crippen molar-refractivity contribution in [2.24, 2.45) is 11.3 Å². The standard InChI is InChI=1S/C16H21NO4/c18-11-16-5-6-21-9-14(16)8-17(10-16)7-12-1-3-13(4-2-12)15(19)20/h1-4,14,18H,5-11H2,(H,19,20)/t14-,16-/m1/s1. The molecule has 0 amide bonds. The Kier molecular flexibility index (Phi) is 3.97. The van der Waals surface area contributed by atoms with Crippen LogP contribution < -0.4 is 0 Å². The number of hydrogen-bond acceptors (Lipinski definition) is 4. The number of fused-ring (bicyclic) bond motifs is 1. The molecule has 0 spiro atoms. The van der Waals surface area contributed by atoms with E-state index in [2.05, 4.69) is 4.90 Å². The van der Waals surface area contributed by atoms with Crippen molar-refractivity contribution in [2.45, 2.75) is 13.0 Å². The third-order valence-corrected chi connectivity index (χ3v) is 4.87. The number of carbonyl (C=O) groups is 1. The molecule has 0 aliphatic carbocycles. The number of carboxylic acid groups (broad SMARTS) is 1. The molecule has 1 aromatic rings. The number of aromatic carboxylic acids is 1. The van der Waals surface area contributed by atoms with Gasteiger partial charge in [0.05, 0.1) is 18.8 Å². The van der Waals surface area contributed by atoms with Crippen LogP contribution in [0.4, 0.5) is 0 Å². The molecule has 2 aliphatic heterocycles. The van der Waals surface area contributed by atoms with Gasteiger partial charge in [-0.15, -0.1) is 0 Å². The summed E-state index contributed by atoms with van der Waals surface area (Å²) in [5.41, 5.74) is 1.40. The van der Waals surface area contributed by atoms with Gasteiger partial charge in [0.2, 0.25) is 0 Å². The first-order chi connectivity index (χ1) is 10.1. The number of benzene rings is 1. The number of likely N-dealkylation sites (tertiary alicyclic amines) is 1. The van der Waals surface area contributed by atoms with E-state index in [1.165, 1.54) is 0 Å². The minimum Gasteiger partial charge on any atom is -0.478 e.